The van der Waals surface area contributed by atoms with Crippen LogP contribution in [0.2, 0.25) is 0 Å². The summed E-state index contributed by atoms with van der Waals surface area (Å²) < 4.78 is 5.64. The predicted molar refractivity (Wildman–Crippen MR) is 396 cm³/mol. The first-order valence-electron chi connectivity index (χ1n) is 36.3. The lowest BCUT2D eigenvalue weighted by molar-refractivity contribution is -0.156. The molecule has 44 heteroatoms. The minimum atomic E-state index is -2.51. The molecule has 44 nitrogen and oxygen atoms in total. The van der Waals surface area contributed by atoms with E-state index in [0.29, 0.717) is 29.3 Å². The Balaban J connectivity index is 1.88. The zero-order chi connectivity index (χ0) is 85.9. The molecule has 0 radical (unpaired) electrons. The number of cyclic esters (lactones) is 1. The third-order valence-corrected chi connectivity index (χ3v) is 17.6. The number of carbonyl (C=O) groups excluding carboxylic acids is 17. The third-order valence-electron chi connectivity index (χ3n) is 17.6. The zero-order valence-electron chi connectivity index (χ0n) is 63.1. The van der Waals surface area contributed by atoms with Crippen LogP contribution in [0.5, 0.6) is 0 Å². The van der Waals surface area contributed by atoms with Crippen molar-refractivity contribution in [1.82, 2.24) is 74.1 Å². The molecule has 0 aliphatic carbocycles. The molecule has 0 spiro atoms. The highest BCUT2D eigenvalue weighted by atomic mass is 16.5. The molecule has 1 aliphatic rings. The molecule has 1 fully saturated rings. The lowest BCUT2D eigenvalue weighted by Gasteiger charge is -2.30. The van der Waals surface area contributed by atoms with E-state index in [9.17, 15) is 126 Å². The molecule has 2 heterocycles. The van der Waals surface area contributed by atoms with Crippen molar-refractivity contribution in [2.24, 2.45) is 17.4 Å². The Morgan fingerprint density at radius 2 is 1.04 bits per heavy atom. The number of nitrogens with two attached hydrogens (primary N) is 3. The van der Waals surface area contributed by atoms with Gasteiger partial charge in [-0.25, -0.2) is 4.79 Å². The minimum absolute atomic E-state index is 0.0308. The number of carboxylic acid groups (broad SMARTS) is 4. The third kappa shape index (κ3) is 32.2. The lowest BCUT2D eigenvalue weighted by Crippen LogP contribution is -2.62. The van der Waals surface area contributed by atoms with E-state index in [1.165, 1.54) is 24.3 Å². The topological polar surface area (TPSA) is 719 Å². The second kappa shape index (κ2) is 46.6. The van der Waals surface area contributed by atoms with Gasteiger partial charge in [0, 0.05) is 47.6 Å². The number of aromatic nitrogens is 1. The number of rotatable bonds is 34. The van der Waals surface area contributed by atoms with E-state index in [2.05, 4.69) is 43.8 Å². The van der Waals surface area contributed by atoms with Crippen molar-refractivity contribution in [2.75, 3.05) is 25.4 Å². The molecule has 13 atom stereocenters. The second-order valence-electron chi connectivity index (χ2n) is 27.0. The maximum absolute atomic E-state index is 14.8. The maximum atomic E-state index is 14.8. The molecular weight excluding hydrogens is 1520 g/mol. The van der Waals surface area contributed by atoms with Crippen LogP contribution in [0.4, 0.5) is 5.69 Å². The highest BCUT2D eigenvalue weighted by molar-refractivity contribution is 6.05. The van der Waals surface area contributed by atoms with Crippen molar-refractivity contribution >= 4 is 141 Å². The first-order valence-corrected chi connectivity index (χ1v) is 36.3. The number of ether oxygens (including phenoxy) is 1. The number of hydrogen-bond donors (Lipinski definition) is 22. The number of fused-ring (bicyclic) bond motifs is 1. The number of aliphatic hydroxyl groups excluding tert-OH is 1. The number of aliphatic carboxylic acids is 4. The number of amides is 15. The summed E-state index contributed by atoms with van der Waals surface area (Å²) in [7, 11) is 0. The maximum Gasteiger partial charge on any atom is 0.329 e. The van der Waals surface area contributed by atoms with E-state index in [4.69, 9.17) is 21.9 Å². The van der Waals surface area contributed by atoms with Crippen LogP contribution in [0.15, 0.2) is 54.7 Å². The Morgan fingerprint density at radius 3 is 1.63 bits per heavy atom. The average Bonchev–Trinajstić information content (AvgIpc) is 1.70. The SMILES string of the molecule is CCCCCCCCCC(=O)N[C@@H](Cc1c[nH]c2ccccc12)C(=O)N[C@@H](CC(N)=O)C(=O)N[C@@H](CC(=O)O)C(=O)N[C@@H]1C(=O)NCC(=O)N[C@@H](CC(N)=O)C(=O)N[C@@H](CC(=O)O)C(=O)N[C@H](C)C(=O)N[C@@H](CC(=O)O)C(=O)NCC(=O)N[C@H](CO)C(=O)N[C@@H]([C@@H](C)CC(=O)O)C(=O)N[C@@H](CC(=O)c2ccccc2N)C(=O)O[C@@H]1C. The smallest absolute Gasteiger partial charge is 0.329 e. The van der Waals surface area contributed by atoms with Gasteiger partial charge in [-0.15, -0.1) is 0 Å². The van der Waals surface area contributed by atoms with Crippen LogP contribution >= 0.6 is 0 Å². The van der Waals surface area contributed by atoms with Gasteiger partial charge < -0.3 is 122 Å². The van der Waals surface area contributed by atoms with Gasteiger partial charge in [0.1, 0.15) is 72.6 Å². The Hall–Kier alpha value is -13.2. The number of benzene rings is 2. The van der Waals surface area contributed by atoms with Gasteiger partial charge in [0.05, 0.1) is 58.2 Å². The van der Waals surface area contributed by atoms with E-state index >= 15 is 0 Å². The van der Waals surface area contributed by atoms with Crippen LogP contribution in [0.1, 0.15) is 140 Å². The summed E-state index contributed by atoms with van der Waals surface area (Å²) in [4.78, 5) is 288. The fraction of sp³-hybridized carbons (Fsp3) is 0.507. The molecule has 115 heavy (non-hydrogen) atoms. The number of aromatic amines is 1. The molecule has 0 unspecified atom stereocenters. The molecule has 2 aromatic carbocycles. The van der Waals surface area contributed by atoms with Gasteiger partial charge in [0.2, 0.25) is 88.6 Å². The van der Waals surface area contributed by atoms with Crippen LogP contribution < -0.4 is 86.3 Å². The van der Waals surface area contributed by atoms with Crippen LogP contribution in [0, 0.1) is 5.92 Å². The standard InChI is InChI=1S/C71H97N17O27/c1-5-6-7-8-9-10-11-20-52(93)79-41(22-36-29-75-40-19-15-13-16-37(36)40)64(107)83-43(25-51(74)92)66(109)85-46(28-58(102)103)67(110)88-60-35(4)115-71(114)47(23-49(90)38-17-12-14-18-39(38)72)86-70(113)59(33(2)21-55(96)97)87-68(111)48(32-89)81-54(95)30-76-62(105)44(26-56(98)99)82-61(104)34(3)78-63(106)45(27-57(100)101)84-65(108)42(24-50(73)91)80-53(94)31-77-69(60)112/h12-19,29,33-35,41-48,59-60,75,89H,5-11,20-28,30-32,72H2,1-4H3,(H2,73,91)(H2,74,92)(H,76,105)(H,77,112)(H,78,106)(H,79,93)(H,80,94)(H,81,95)(H,82,104)(H,83,107)(H,84,108)(H,85,109)(H,86,113)(H,87,111)(H,88,110)(H,96,97)(H,98,99)(H,100,101)(H,102,103)/t33-,34+,35+,41-,42-,43-,44-,45-,46-,47-,48+,59-,60-/m0/s1. The number of hydrogen-bond acceptors (Lipinski definition) is 24. The van der Waals surface area contributed by atoms with Crippen LogP contribution in [-0.4, -0.2) is 247 Å². The number of ketones is 1. The number of aliphatic hydroxyl groups is 1. The van der Waals surface area contributed by atoms with E-state index in [1.807, 2.05) is 37.2 Å². The number of para-hydroxylation sites is 2. The summed E-state index contributed by atoms with van der Waals surface area (Å²) in [6, 6.07) is -11.5. The molecule has 3 aromatic rings. The molecule has 15 amide bonds. The molecule has 25 N–H and O–H groups in total. The summed E-state index contributed by atoms with van der Waals surface area (Å²) in [6.45, 7) is 1.01. The largest absolute Gasteiger partial charge is 0.481 e. The fourth-order valence-corrected chi connectivity index (χ4v) is 11.6. The van der Waals surface area contributed by atoms with E-state index in [0.717, 1.165) is 52.9 Å². The van der Waals surface area contributed by atoms with Crippen molar-refractivity contribution in [3.05, 3.63) is 65.9 Å². The number of H-pyrrole nitrogens is 1. The number of carbonyl (C=O) groups is 21. The first-order chi connectivity index (χ1) is 54.2. The monoisotopic (exact) mass is 1620 g/mol. The van der Waals surface area contributed by atoms with Gasteiger partial charge in [0.15, 0.2) is 5.78 Å². The number of carboxylic acids is 4. The average molecular weight is 1620 g/mol. The summed E-state index contributed by atoms with van der Waals surface area (Å²) >= 11 is 0. The van der Waals surface area contributed by atoms with Gasteiger partial charge >= 0.3 is 29.8 Å². The molecule has 4 rings (SSSR count). The molecule has 1 aromatic heterocycles. The fourth-order valence-electron chi connectivity index (χ4n) is 11.6. The van der Waals surface area contributed by atoms with Crippen LogP contribution in [-0.2, 0) is 107 Å². The van der Waals surface area contributed by atoms with Gasteiger partial charge in [-0.2, -0.15) is 0 Å². The Bertz CT molecular complexity index is 4110. The molecule has 0 saturated carbocycles. The normalized spacial score (nSPS) is 21.1. The summed E-state index contributed by atoms with van der Waals surface area (Å²) in [6.07, 6.45) is -3.39. The first kappa shape index (κ1) is 94.2. The Morgan fingerprint density at radius 1 is 0.522 bits per heavy atom. The number of nitrogens with one attached hydrogen (secondary N) is 14. The summed E-state index contributed by atoms with van der Waals surface area (Å²) in [5.41, 5.74) is 17.6. The predicted octanol–water partition coefficient (Wildman–Crippen LogP) is -6.49. The van der Waals surface area contributed by atoms with Crippen molar-refractivity contribution in [1.29, 1.82) is 0 Å². The molecular formula is C71H97N17O27. The highest BCUT2D eigenvalue weighted by Crippen LogP contribution is 2.21. The Kier molecular flexibility index (Phi) is 38.2. The quantitative estimate of drug-likeness (QED) is 0.0114. The summed E-state index contributed by atoms with van der Waals surface area (Å²) in [5.74, 6) is -32.2. The lowest BCUT2D eigenvalue weighted by atomic mass is 9.96. The number of unbranched alkanes of at least 4 members (excludes halogenated alkanes) is 6. The number of Topliss-reactive ketones (excluding diaryl/α,β-unsaturated/α-hetero) is 1. The van der Waals surface area contributed by atoms with Gasteiger partial charge in [-0.1, -0.05) is 82.7 Å². The van der Waals surface area contributed by atoms with Gasteiger partial charge in [-0.3, -0.25) is 95.9 Å². The number of esters is 1. The van der Waals surface area contributed by atoms with Gasteiger partial charge in [0.25, 0.3) is 0 Å². The van der Waals surface area contributed by atoms with E-state index in [1.54, 1.807) is 30.5 Å². The highest BCUT2D eigenvalue weighted by Gasteiger charge is 2.41. The minimum Gasteiger partial charge on any atom is -0.481 e. The number of anilines is 1. The summed E-state index contributed by atoms with van der Waals surface area (Å²) in [5, 5.41) is 77.7. The van der Waals surface area contributed by atoms with E-state index < -0.39 is 267 Å². The zero-order valence-corrected chi connectivity index (χ0v) is 63.1. The Labute approximate surface area is 655 Å². The second-order valence-corrected chi connectivity index (χ2v) is 27.0. The van der Waals surface area contributed by atoms with Crippen molar-refractivity contribution in [3.8, 4) is 0 Å². The molecule has 1 aliphatic heterocycles. The molecule has 0 bridgehead atoms. The van der Waals surface area contributed by atoms with Crippen LogP contribution in [0.3, 0.4) is 0 Å². The number of primary amides is 2. The van der Waals surface area contributed by atoms with Crippen molar-refractivity contribution in [2.45, 2.75) is 203 Å². The van der Waals surface area contributed by atoms with E-state index in [-0.39, 0.29) is 24.1 Å². The van der Waals surface area contributed by atoms with Crippen molar-refractivity contribution in [3.63, 3.8) is 0 Å². The van der Waals surface area contributed by atoms with Gasteiger partial charge in [-0.05, 0) is 49.9 Å². The molecule has 1 saturated heterocycles. The van der Waals surface area contributed by atoms with Crippen molar-refractivity contribution < 1.29 is 131 Å². The van der Waals surface area contributed by atoms with Crippen LogP contribution in [0.25, 0.3) is 10.9 Å². The number of nitrogen functional groups attached to an aromatic ring is 1. The molecule has 628 valence electrons.